The average Bonchev–Trinajstić information content (AvgIpc) is 2.74. The number of hydrogen-bond donors (Lipinski definition) is 2. The van der Waals surface area contributed by atoms with Gasteiger partial charge < -0.3 is 20.7 Å². The first-order chi connectivity index (χ1) is 9.65. The summed E-state index contributed by atoms with van der Waals surface area (Å²) in [5, 5.41) is 2.82. The third-order valence-electron chi connectivity index (χ3n) is 4.10. The van der Waals surface area contributed by atoms with Crippen molar-refractivity contribution in [1.82, 2.24) is 0 Å². The minimum Gasteiger partial charge on any atom is -0.376 e. The molecule has 2 aliphatic rings. The fraction of sp³-hybridized carbons (Fsp3) is 0.533. The number of carbonyl (C=O) groups is 1. The standard InChI is InChI=1S/C15H21N3O2/c1-18(9-11-4-2-3-7-20-11)10-5-6-12-13(8-10)17-15(19)14(12)16/h5-6,8,11,14H,2-4,7,9,16H2,1H3,(H,17,19). The highest BCUT2D eigenvalue weighted by molar-refractivity contribution is 6.02. The van der Waals surface area contributed by atoms with E-state index in [2.05, 4.69) is 17.3 Å². The van der Waals surface area contributed by atoms with Gasteiger partial charge in [0.1, 0.15) is 6.04 Å². The molecule has 0 bridgehead atoms. The van der Waals surface area contributed by atoms with Crippen LogP contribution in [0.4, 0.5) is 11.4 Å². The van der Waals surface area contributed by atoms with Gasteiger partial charge in [-0.2, -0.15) is 0 Å². The number of benzene rings is 1. The van der Waals surface area contributed by atoms with Crippen LogP contribution < -0.4 is 16.0 Å². The Kier molecular flexibility index (Phi) is 3.63. The molecule has 5 heteroatoms. The van der Waals surface area contributed by atoms with Gasteiger partial charge >= 0.3 is 0 Å². The Hall–Kier alpha value is -1.59. The molecule has 0 spiro atoms. The van der Waals surface area contributed by atoms with Crippen LogP contribution in [0.3, 0.4) is 0 Å². The predicted octanol–water partition coefficient (Wildman–Crippen LogP) is 1.64. The van der Waals surface area contributed by atoms with E-state index < -0.39 is 6.04 Å². The zero-order valence-corrected chi connectivity index (χ0v) is 11.8. The van der Waals surface area contributed by atoms with Crippen molar-refractivity contribution in [2.45, 2.75) is 31.4 Å². The summed E-state index contributed by atoms with van der Waals surface area (Å²) in [7, 11) is 2.05. The fourth-order valence-corrected chi connectivity index (χ4v) is 2.88. The second-order valence-corrected chi connectivity index (χ2v) is 5.61. The van der Waals surface area contributed by atoms with Gasteiger partial charge in [0.05, 0.1) is 6.10 Å². The Morgan fingerprint density at radius 1 is 1.45 bits per heavy atom. The summed E-state index contributed by atoms with van der Waals surface area (Å²) >= 11 is 0. The number of fused-ring (bicyclic) bond motifs is 1. The Balaban J connectivity index is 1.71. The van der Waals surface area contributed by atoms with Crippen LogP contribution in [-0.2, 0) is 9.53 Å². The zero-order valence-electron chi connectivity index (χ0n) is 11.8. The number of nitrogens with zero attached hydrogens (tertiary/aromatic N) is 1. The fourth-order valence-electron chi connectivity index (χ4n) is 2.88. The molecular formula is C15H21N3O2. The molecule has 108 valence electrons. The maximum Gasteiger partial charge on any atom is 0.245 e. The molecule has 2 unspecified atom stereocenters. The largest absolute Gasteiger partial charge is 0.376 e. The molecule has 2 heterocycles. The lowest BCUT2D eigenvalue weighted by molar-refractivity contribution is -0.116. The molecule has 1 fully saturated rings. The molecule has 3 rings (SSSR count). The average molecular weight is 275 g/mol. The quantitative estimate of drug-likeness (QED) is 0.880. The lowest BCUT2D eigenvalue weighted by Gasteiger charge is -2.28. The van der Waals surface area contributed by atoms with Gasteiger partial charge in [-0.05, 0) is 31.4 Å². The molecule has 0 saturated carbocycles. The number of ether oxygens (including phenoxy) is 1. The summed E-state index contributed by atoms with van der Waals surface area (Å²) in [5.74, 6) is -0.129. The zero-order chi connectivity index (χ0) is 14.1. The number of anilines is 2. The van der Waals surface area contributed by atoms with Crippen LogP contribution in [0.1, 0.15) is 30.9 Å². The highest BCUT2D eigenvalue weighted by Crippen LogP contribution is 2.32. The van der Waals surface area contributed by atoms with Gasteiger partial charge in [-0.25, -0.2) is 0 Å². The van der Waals surface area contributed by atoms with Crippen molar-refractivity contribution in [3.8, 4) is 0 Å². The van der Waals surface area contributed by atoms with E-state index in [0.717, 1.165) is 36.5 Å². The first-order valence-electron chi connectivity index (χ1n) is 7.18. The Morgan fingerprint density at radius 3 is 3.05 bits per heavy atom. The summed E-state index contributed by atoms with van der Waals surface area (Å²) in [6.07, 6.45) is 3.84. The monoisotopic (exact) mass is 275 g/mol. The summed E-state index contributed by atoms with van der Waals surface area (Å²) in [6.45, 7) is 1.74. The molecular weight excluding hydrogens is 254 g/mol. The molecule has 0 radical (unpaired) electrons. The van der Waals surface area contributed by atoms with Gasteiger partial charge in [0, 0.05) is 37.1 Å². The van der Waals surface area contributed by atoms with Crippen molar-refractivity contribution in [1.29, 1.82) is 0 Å². The second-order valence-electron chi connectivity index (χ2n) is 5.61. The van der Waals surface area contributed by atoms with Crippen LogP contribution in [0, 0.1) is 0 Å². The molecule has 1 aromatic carbocycles. The number of carbonyl (C=O) groups excluding carboxylic acids is 1. The molecule has 0 aliphatic carbocycles. The van der Waals surface area contributed by atoms with Crippen molar-refractivity contribution in [2.24, 2.45) is 5.73 Å². The van der Waals surface area contributed by atoms with Gasteiger partial charge in [-0.15, -0.1) is 0 Å². The normalized spacial score (nSPS) is 25.2. The van der Waals surface area contributed by atoms with Crippen molar-refractivity contribution in [3.05, 3.63) is 23.8 Å². The van der Waals surface area contributed by atoms with E-state index in [0.29, 0.717) is 6.10 Å². The highest BCUT2D eigenvalue weighted by Gasteiger charge is 2.27. The van der Waals surface area contributed by atoms with Crippen LogP contribution in [0.15, 0.2) is 18.2 Å². The topological polar surface area (TPSA) is 67.6 Å². The molecule has 1 amide bonds. The van der Waals surface area contributed by atoms with Gasteiger partial charge in [-0.3, -0.25) is 4.79 Å². The molecule has 2 aliphatic heterocycles. The van der Waals surface area contributed by atoms with Gasteiger partial charge in [0.25, 0.3) is 0 Å². The van der Waals surface area contributed by atoms with Crippen LogP contribution in [0.5, 0.6) is 0 Å². The summed E-state index contributed by atoms with van der Waals surface area (Å²) < 4.78 is 5.77. The van der Waals surface area contributed by atoms with Crippen molar-refractivity contribution < 1.29 is 9.53 Å². The van der Waals surface area contributed by atoms with E-state index in [4.69, 9.17) is 10.5 Å². The molecule has 1 aromatic rings. The lowest BCUT2D eigenvalue weighted by atomic mass is 10.1. The molecule has 2 atom stereocenters. The number of nitrogens with one attached hydrogen (secondary N) is 1. The molecule has 1 saturated heterocycles. The maximum absolute atomic E-state index is 11.6. The Bertz CT molecular complexity index is 512. The van der Waals surface area contributed by atoms with Crippen LogP contribution >= 0.6 is 0 Å². The van der Waals surface area contributed by atoms with Crippen molar-refractivity contribution in [2.75, 3.05) is 30.4 Å². The van der Waals surface area contributed by atoms with Gasteiger partial charge in [0.15, 0.2) is 0 Å². The summed E-state index contributed by atoms with van der Waals surface area (Å²) in [6, 6.07) is 5.40. The first-order valence-corrected chi connectivity index (χ1v) is 7.18. The van der Waals surface area contributed by atoms with Crippen molar-refractivity contribution in [3.63, 3.8) is 0 Å². The minimum absolute atomic E-state index is 0.129. The number of rotatable bonds is 3. The van der Waals surface area contributed by atoms with E-state index in [1.165, 1.54) is 12.8 Å². The van der Waals surface area contributed by atoms with E-state index in [1.807, 2.05) is 18.2 Å². The van der Waals surface area contributed by atoms with Crippen LogP contribution in [0.2, 0.25) is 0 Å². The van der Waals surface area contributed by atoms with Crippen LogP contribution in [-0.4, -0.2) is 32.2 Å². The predicted molar refractivity (Wildman–Crippen MR) is 78.9 cm³/mol. The van der Waals surface area contributed by atoms with E-state index >= 15 is 0 Å². The third kappa shape index (κ3) is 2.51. The lowest BCUT2D eigenvalue weighted by Crippen LogP contribution is -2.33. The van der Waals surface area contributed by atoms with Gasteiger partial charge in [0.2, 0.25) is 5.91 Å². The number of amides is 1. The minimum atomic E-state index is -0.536. The summed E-state index contributed by atoms with van der Waals surface area (Å²) in [4.78, 5) is 13.7. The Morgan fingerprint density at radius 2 is 2.30 bits per heavy atom. The van der Waals surface area contributed by atoms with Crippen LogP contribution in [0.25, 0.3) is 0 Å². The Labute approximate surface area is 119 Å². The molecule has 5 nitrogen and oxygen atoms in total. The van der Waals surface area contributed by atoms with E-state index in [1.54, 1.807) is 0 Å². The number of nitrogens with two attached hydrogens (primary N) is 1. The van der Waals surface area contributed by atoms with E-state index in [9.17, 15) is 4.79 Å². The maximum atomic E-state index is 11.6. The van der Waals surface area contributed by atoms with Gasteiger partial charge in [-0.1, -0.05) is 6.07 Å². The SMILES string of the molecule is CN(CC1CCCCO1)c1ccc2c(c1)NC(=O)C2N. The molecule has 3 N–H and O–H groups in total. The first kappa shape index (κ1) is 13.4. The number of likely N-dealkylation sites (N-methyl/N-ethyl adjacent to an activating group) is 1. The smallest absolute Gasteiger partial charge is 0.245 e. The summed E-state index contributed by atoms with van der Waals surface area (Å²) in [5.41, 5.74) is 8.60. The molecule has 0 aromatic heterocycles. The van der Waals surface area contributed by atoms with E-state index in [-0.39, 0.29) is 5.91 Å². The van der Waals surface area contributed by atoms with Crippen molar-refractivity contribution >= 4 is 17.3 Å². The number of hydrogen-bond acceptors (Lipinski definition) is 4. The highest BCUT2D eigenvalue weighted by atomic mass is 16.5. The second kappa shape index (κ2) is 5.42. The third-order valence-corrected chi connectivity index (χ3v) is 4.10. The molecule has 20 heavy (non-hydrogen) atoms.